The molecule has 0 bridgehead atoms. The summed E-state index contributed by atoms with van der Waals surface area (Å²) < 4.78 is 10.5. The van der Waals surface area contributed by atoms with Gasteiger partial charge in [0.05, 0.1) is 40.1 Å². The lowest BCUT2D eigenvalue weighted by atomic mass is 9.97. The van der Waals surface area contributed by atoms with E-state index in [2.05, 4.69) is 4.98 Å². The van der Waals surface area contributed by atoms with E-state index < -0.39 is 29.5 Å². The predicted octanol–water partition coefficient (Wildman–Crippen LogP) is -0.230. The number of aromatic amines is 1. The molecule has 2 aromatic rings. The van der Waals surface area contributed by atoms with Gasteiger partial charge in [0.1, 0.15) is 17.5 Å². The minimum atomic E-state index is -0.915. The number of H-pyrrole nitrogens is 1. The molecule has 1 amide bonds. The monoisotopic (exact) mass is 429 g/mol. The Morgan fingerprint density at radius 1 is 1.32 bits per heavy atom. The lowest BCUT2D eigenvalue weighted by molar-refractivity contribution is -0.857. The highest BCUT2D eigenvalue weighted by molar-refractivity contribution is 6.46. The number of nitrogens with zero attached hydrogens (tertiary/aromatic N) is 1. The molecule has 0 radical (unpaired) electrons. The van der Waals surface area contributed by atoms with Gasteiger partial charge in [-0.1, -0.05) is 5.76 Å². The number of carbonyl (C=O) groups is 3. The molecule has 9 heteroatoms. The molecule has 1 aliphatic heterocycles. The average molecular weight is 429 g/mol. The fraction of sp³-hybridized carbons (Fsp3) is 0.409. The first-order valence-electron chi connectivity index (χ1n) is 10.1. The fourth-order valence-corrected chi connectivity index (χ4v) is 3.82. The molecule has 31 heavy (non-hydrogen) atoms. The van der Waals surface area contributed by atoms with Crippen molar-refractivity contribution in [2.45, 2.75) is 26.8 Å². The number of likely N-dealkylation sites (N-methyl/N-ethyl adjacent to an activating group) is 1. The third-order valence-corrected chi connectivity index (χ3v) is 5.34. The lowest BCUT2D eigenvalue weighted by Crippen LogP contribution is -3.06. The molecular formula is C22H27N3O6. The van der Waals surface area contributed by atoms with Gasteiger partial charge in [-0.3, -0.25) is 9.59 Å². The maximum absolute atomic E-state index is 13.6. The van der Waals surface area contributed by atoms with Crippen LogP contribution in [0.5, 0.6) is 0 Å². The van der Waals surface area contributed by atoms with Crippen LogP contribution in [0.4, 0.5) is 0 Å². The van der Waals surface area contributed by atoms with Crippen molar-refractivity contribution < 1.29 is 33.5 Å². The van der Waals surface area contributed by atoms with Crippen molar-refractivity contribution in [3.05, 3.63) is 52.2 Å². The quantitative estimate of drug-likeness (QED) is 0.272. The normalized spacial score (nSPS) is 18.3. The zero-order valence-electron chi connectivity index (χ0n) is 18.3. The summed E-state index contributed by atoms with van der Waals surface area (Å²) in [5, 5.41) is 13.6. The van der Waals surface area contributed by atoms with Crippen molar-refractivity contribution >= 4 is 23.4 Å². The minimum Gasteiger partial charge on any atom is -0.872 e. The summed E-state index contributed by atoms with van der Waals surface area (Å²) in [5.74, 6) is -2.42. The Balaban J connectivity index is 2.15. The first-order chi connectivity index (χ1) is 14.7. The van der Waals surface area contributed by atoms with Crippen LogP contribution < -0.4 is 10.0 Å². The Morgan fingerprint density at radius 2 is 2.03 bits per heavy atom. The molecule has 0 aromatic carbocycles. The second-order valence-electron chi connectivity index (χ2n) is 7.79. The van der Waals surface area contributed by atoms with Crippen molar-refractivity contribution in [3.63, 3.8) is 0 Å². The summed E-state index contributed by atoms with van der Waals surface area (Å²) in [6.07, 6.45) is 1.44. The minimum absolute atomic E-state index is 0.155. The second kappa shape index (κ2) is 8.81. The summed E-state index contributed by atoms with van der Waals surface area (Å²) in [6, 6.07) is 2.37. The van der Waals surface area contributed by atoms with E-state index in [9.17, 15) is 19.5 Å². The zero-order chi connectivity index (χ0) is 22.9. The van der Waals surface area contributed by atoms with Crippen LogP contribution in [-0.4, -0.2) is 61.3 Å². The summed E-state index contributed by atoms with van der Waals surface area (Å²) in [6.45, 7) is 6.00. The number of furan rings is 1. The van der Waals surface area contributed by atoms with Crippen molar-refractivity contribution in [3.8, 4) is 0 Å². The van der Waals surface area contributed by atoms with Gasteiger partial charge < -0.3 is 29.0 Å². The van der Waals surface area contributed by atoms with Crippen LogP contribution in [0.3, 0.4) is 0 Å². The van der Waals surface area contributed by atoms with Crippen molar-refractivity contribution in [2.24, 2.45) is 0 Å². The number of Topliss-reactive ketones (excluding diaryl/α,β-unsaturated/α-hetero) is 1. The molecule has 1 aliphatic rings. The Bertz CT molecular complexity index is 1030. The van der Waals surface area contributed by atoms with Gasteiger partial charge >= 0.3 is 5.97 Å². The van der Waals surface area contributed by atoms with Crippen LogP contribution in [-0.2, 0) is 14.3 Å². The number of ether oxygens (including phenoxy) is 1. The van der Waals surface area contributed by atoms with Gasteiger partial charge in [0.15, 0.2) is 0 Å². The number of nitrogens with one attached hydrogen (secondary N) is 2. The van der Waals surface area contributed by atoms with E-state index in [0.717, 1.165) is 4.90 Å². The van der Waals surface area contributed by atoms with Gasteiger partial charge in [-0.05, 0) is 44.0 Å². The summed E-state index contributed by atoms with van der Waals surface area (Å²) >= 11 is 0. The Kier molecular flexibility index (Phi) is 6.35. The highest BCUT2D eigenvalue weighted by Gasteiger charge is 2.46. The molecule has 1 fully saturated rings. The molecular weight excluding hydrogens is 402 g/mol. The van der Waals surface area contributed by atoms with Crippen LogP contribution >= 0.6 is 0 Å². The predicted molar refractivity (Wildman–Crippen MR) is 109 cm³/mol. The summed E-state index contributed by atoms with van der Waals surface area (Å²) in [5.41, 5.74) is 0.976. The van der Waals surface area contributed by atoms with Crippen molar-refractivity contribution in [1.82, 2.24) is 9.88 Å². The van der Waals surface area contributed by atoms with Crippen molar-refractivity contribution in [2.75, 3.05) is 33.8 Å². The summed E-state index contributed by atoms with van der Waals surface area (Å²) in [7, 11) is 3.87. The van der Waals surface area contributed by atoms with Crippen LogP contribution in [0.1, 0.15) is 46.0 Å². The maximum atomic E-state index is 13.6. The van der Waals surface area contributed by atoms with Gasteiger partial charge in [-0.15, -0.1) is 0 Å². The zero-order valence-corrected chi connectivity index (χ0v) is 18.3. The number of carbonyl (C=O) groups excluding carboxylic acids is 3. The van der Waals surface area contributed by atoms with Crippen LogP contribution in [0.2, 0.25) is 0 Å². The van der Waals surface area contributed by atoms with E-state index in [1.54, 1.807) is 32.9 Å². The molecule has 1 atom stereocenters. The summed E-state index contributed by atoms with van der Waals surface area (Å²) in [4.78, 5) is 43.3. The number of rotatable bonds is 7. The van der Waals surface area contributed by atoms with E-state index in [-0.39, 0.29) is 30.0 Å². The number of hydrogen-bond acceptors (Lipinski definition) is 6. The molecule has 9 nitrogen and oxygen atoms in total. The standard InChI is InChI=1S/C22H27N3O6/c1-6-30-22(29)17-12(2)15(13(3)23-17)19(26)16-18(14-8-7-11-31-14)25(10-9-24(4)5)21(28)20(16)27/h7-8,11,18,23,26H,6,9-10H2,1-5H3. The Hall–Kier alpha value is -3.33. The number of quaternary nitrogens is 1. The highest BCUT2D eigenvalue weighted by Crippen LogP contribution is 2.39. The molecule has 3 heterocycles. The molecule has 0 aliphatic carbocycles. The number of amides is 1. The van der Waals surface area contributed by atoms with Crippen LogP contribution in [0.25, 0.3) is 5.76 Å². The molecule has 166 valence electrons. The molecule has 3 rings (SSSR count). The number of aryl methyl sites for hydroxylation is 1. The molecule has 1 saturated heterocycles. The first kappa shape index (κ1) is 22.4. The molecule has 2 N–H and O–H groups in total. The lowest BCUT2D eigenvalue weighted by Gasteiger charge is -2.26. The van der Waals surface area contributed by atoms with Gasteiger partial charge in [-0.25, -0.2) is 4.79 Å². The van der Waals surface area contributed by atoms with E-state index in [1.165, 1.54) is 11.2 Å². The van der Waals surface area contributed by atoms with Gasteiger partial charge in [0.25, 0.3) is 5.91 Å². The maximum Gasteiger partial charge on any atom is 0.355 e. The van der Waals surface area contributed by atoms with E-state index in [4.69, 9.17) is 9.15 Å². The smallest absolute Gasteiger partial charge is 0.355 e. The van der Waals surface area contributed by atoms with Crippen LogP contribution in [0, 0.1) is 13.8 Å². The number of hydrogen-bond donors (Lipinski definition) is 2. The fourth-order valence-electron chi connectivity index (χ4n) is 3.82. The third-order valence-electron chi connectivity index (χ3n) is 5.34. The Labute approximate surface area is 180 Å². The largest absolute Gasteiger partial charge is 0.872 e. The van der Waals surface area contributed by atoms with Gasteiger partial charge in [-0.2, -0.15) is 0 Å². The van der Waals surface area contributed by atoms with Gasteiger partial charge in [0.2, 0.25) is 5.78 Å². The van der Waals surface area contributed by atoms with E-state index in [1.807, 2.05) is 14.1 Å². The number of likely N-dealkylation sites (tertiary alicyclic amines) is 1. The highest BCUT2D eigenvalue weighted by atomic mass is 16.5. The molecule has 2 aromatic heterocycles. The number of ketones is 1. The second-order valence-corrected chi connectivity index (χ2v) is 7.79. The van der Waals surface area contributed by atoms with Crippen molar-refractivity contribution in [1.29, 1.82) is 0 Å². The molecule has 0 saturated carbocycles. The number of esters is 1. The first-order valence-corrected chi connectivity index (χ1v) is 10.1. The van der Waals surface area contributed by atoms with E-state index >= 15 is 0 Å². The van der Waals surface area contributed by atoms with E-state index in [0.29, 0.717) is 23.6 Å². The third kappa shape index (κ3) is 4.00. The number of aromatic nitrogens is 1. The topological polar surface area (TPSA) is 120 Å². The van der Waals surface area contributed by atoms with Gasteiger partial charge in [0, 0.05) is 11.3 Å². The molecule has 0 spiro atoms. The Morgan fingerprint density at radius 3 is 2.61 bits per heavy atom. The molecule has 1 unspecified atom stereocenters. The van der Waals surface area contributed by atoms with Crippen LogP contribution in [0.15, 0.2) is 28.4 Å². The average Bonchev–Trinajstić information content (AvgIpc) is 3.39. The SMILES string of the molecule is CCOC(=O)c1[nH]c(C)c(C([O-])=C2C(=O)C(=O)N(CC[NH+](C)C)C2c2ccco2)c1C.